The van der Waals surface area contributed by atoms with Crippen LogP contribution in [0.5, 0.6) is 0 Å². The molecule has 1 fully saturated rings. The molecular weight excluding hydrogens is 325 g/mol. The first-order valence-electron chi connectivity index (χ1n) is 8.56. The predicted octanol–water partition coefficient (Wildman–Crippen LogP) is 4.00. The molecule has 1 aliphatic rings. The van der Waals surface area contributed by atoms with Gasteiger partial charge < -0.3 is 14.4 Å². The predicted molar refractivity (Wildman–Crippen MR) is 91.6 cm³/mol. The number of hydrogen-bond donors (Lipinski definition) is 0. The van der Waals surface area contributed by atoms with Gasteiger partial charge in [0.05, 0.1) is 18.6 Å². The standard InChI is InChI=1S/C19H26FNO4/c1-6-24-17(22)15-9-10-21(18(23)25-19(3,4)5)16(15)14-8-7-13(20)11-12(14)2/h7-8,11,15-16H,6,9-10H2,1-5H3/t15-,16+/m0/s1. The highest BCUT2D eigenvalue weighted by molar-refractivity contribution is 5.77. The number of hydrogen-bond acceptors (Lipinski definition) is 4. The Kier molecular flexibility index (Phi) is 5.70. The lowest BCUT2D eigenvalue weighted by atomic mass is 9.91. The monoisotopic (exact) mass is 351 g/mol. The lowest BCUT2D eigenvalue weighted by Gasteiger charge is -2.31. The first kappa shape index (κ1) is 19.2. The number of nitrogens with zero attached hydrogens (tertiary/aromatic N) is 1. The van der Waals surface area contributed by atoms with E-state index < -0.39 is 23.7 Å². The van der Waals surface area contributed by atoms with Gasteiger partial charge >= 0.3 is 12.1 Å². The lowest BCUT2D eigenvalue weighted by Crippen LogP contribution is -2.38. The number of likely N-dealkylation sites (tertiary alicyclic amines) is 1. The van der Waals surface area contributed by atoms with Crippen molar-refractivity contribution in [3.8, 4) is 0 Å². The van der Waals surface area contributed by atoms with Crippen LogP contribution in [0.1, 0.15) is 51.3 Å². The Morgan fingerprint density at radius 2 is 2.00 bits per heavy atom. The van der Waals surface area contributed by atoms with Gasteiger partial charge in [0.25, 0.3) is 0 Å². The topological polar surface area (TPSA) is 55.8 Å². The normalized spacial score (nSPS) is 20.5. The molecule has 1 amide bonds. The molecular formula is C19H26FNO4. The van der Waals surface area contributed by atoms with Crippen molar-refractivity contribution >= 4 is 12.1 Å². The second-order valence-corrected chi connectivity index (χ2v) is 7.27. The molecule has 6 heteroatoms. The smallest absolute Gasteiger partial charge is 0.410 e. The van der Waals surface area contributed by atoms with Crippen LogP contribution in [0.15, 0.2) is 18.2 Å². The Morgan fingerprint density at radius 1 is 1.32 bits per heavy atom. The van der Waals surface area contributed by atoms with Gasteiger partial charge in [0, 0.05) is 6.54 Å². The SMILES string of the molecule is CCOC(=O)[C@H]1CCN(C(=O)OC(C)(C)C)[C@@H]1c1ccc(F)cc1C. The van der Waals surface area contributed by atoms with E-state index in [4.69, 9.17) is 9.47 Å². The first-order chi connectivity index (χ1) is 11.6. The summed E-state index contributed by atoms with van der Waals surface area (Å²) in [5.74, 6) is -1.19. The molecule has 0 spiro atoms. The second-order valence-electron chi connectivity index (χ2n) is 7.27. The quantitative estimate of drug-likeness (QED) is 0.773. The van der Waals surface area contributed by atoms with Gasteiger partial charge in [-0.25, -0.2) is 9.18 Å². The molecule has 0 bridgehead atoms. The van der Waals surface area contributed by atoms with Gasteiger partial charge in [-0.1, -0.05) is 6.07 Å². The van der Waals surface area contributed by atoms with Crippen LogP contribution in [0.4, 0.5) is 9.18 Å². The molecule has 2 rings (SSSR count). The second kappa shape index (κ2) is 7.42. The Bertz CT molecular complexity index is 653. The van der Waals surface area contributed by atoms with E-state index in [1.807, 2.05) is 0 Å². The van der Waals surface area contributed by atoms with Gasteiger partial charge in [-0.3, -0.25) is 4.79 Å². The third kappa shape index (κ3) is 4.50. The third-order valence-electron chi connectivity index (χ3n) is 4.17. The number of carbonyl (C=O) groups is 2. The summed E-state index contributed by atoms with van der Waals surface area (Å²) in [4.78, 5) is 26.6. The lowest BCUT2D eigenvalue weighted by molar-refractivity contribution is -0.148. The number of amides is 1. The minimum atomic E-state index is -0.637. The van der Waals surface area contributed by atoms with Crippen LogP contribution in [-0.2, 0) is 14.3 Å². The fourth-order valence-electron chi connectivity index (χ4n) is 3.17. The number of benzene rings is 1. The van der Waals surface area contributed by atoms with Gasteiger partial charge in [-0.2, -0.15) is 0 Å². The molecule has 25 heavy (non-hydrogen) atoms. The highest BCUT2D eigenvalue weighted by atomic mass is 19.1. The summed E-state index contributed by atoms with van der Waals surface area (Å²) in [5, 5.41) is 0. The van der Waals surface area contributed by atoms with Crippen molar-refractivity contribution in [2.24, 2.45) is 5.92 Å². The fraction of sp³-hybridized carbons (Fsp3) is 0.579. The van der Waals surface area contributed by atoms with Gasteiger partial charge in [-0.15, -0.1) is 0 Å². The van der Waals surface area contributed by atoms with E-state index in [0.717, 1.165) is 5.56 Å². The summed E-state index contributed by atoms with van der Waals surface area (Å²) < 4.78 is 24.2. The molecule has 1 aliphatic heterocycles. The van der Waals surface area contributed by atoms with E-state index in [1.165, 1.54) is 12.1 Å². The molecule has 0 radical (unpaired) electrons. The maximum atomic E-state index is 13.5. The summed E-state index contributed by atoms with van der Waals surface area (Å²) in [7, 11) is 0. The highest BCUT2D eigenvalue weighted by Gasteiger charge is 2.44. The Labute approximate surface area is 148 Å². The summed E-state index contributed by atoms with van der Waals surface area (Å²) in [6.07, 6.45) is 0.00699. The third-order valence-corrected chi connectivity index (χ3v) is 4.17. The first-order valence-corrected chi connectivity index (χ1v) is 8.56. The molecule has 0 aliphatic carbocycles. The molecule has 0 saturated carbocycles. The van der Waals surface area contributed by atoms with Crippen molar-refractivity contribution in [2.75, 3.05) is 13.2 Å². The average Bonchev–Trinajstić information content (AvgIpc) is 2.90. The van der Waals surface area contributed by atoms with Crippen molar-refractivity contribution in [3.05, 3.63) is 35.1 Å². The van der Waals surface area contributed by atoms with E-state index in [2.05, 4.69) is 0 Å². The van der Waals surface area contributed by atoms with Crippen molar-refractivity contribution in [1.82, 2.24) is 4.90 Å². The molecule has 0 aromatic heterocycles. The Morgan fingerprint density at radius 3 is 2.56 bits per heavy atom. The molecule has 0 unspecified atom stereocenters. The van der Waals surface area contributed by atoms with E-state index in [-0.39, 0.29) is 18.4 Å². The van der Waals surface area contributed by atoms with E-state index in [9.17, 15) is 14.0 Å². The van der Waals surface area contributed by atoms with Gasteiger partial charge in [0.2, 0.25) is 0 Å². The molecule has 5 nitrogen and oxygen atoms in total. The summed E-state index contributed by atoms with van der Waals surface area (Å²) in [5.41, 5.74) is 0.791. The zero-order valence-corrected chi connectivity index (χ0v) is 15.5. The molecule has 1 heterocycles. The number of ether oxygens (including phenoxy) is 2. The van der Waals surface area contributed by atoms with Crippen LogP contribution in [0.2, 0.25) is 0 Å². The van der Waals surface area contributed by atoms with Crippen LogP contribution in [0.3, 0.4) is 0 Å². The molecule has 0 N–H and O–H groups in total. The van der Waals surface area contributed by atoms with Gasteiger partial charge in [-0.05, 0) is 64.3 Å². The summed E-state index contributed by atoms with van der Waals surface area (Å²) in [6.45, 7) is 9.56. The largest absolute Gasteiger partial charge is 0.466 e. The Balaban J connectivity index is 2.39. The van der Waals surface area contributed by atoms with Crippen LogP contribution in [-0.4, -0.2) is 35.7 Å². The van der Waals surface area contributed by atoms with Crippen molar-refractivity contribution in [3.63, 3.8) is 0 Å². The van der Waals surface area contributed by atoms with Gasteiger partial charge in [0.15, 0.2) is 0 Å². The maximum Gasteiger partial charge on any atom is 0.410 e. The van der Waals surface area contributed by atoms with E-state index >= 15 is 0 Å². The molecule has 2 atom stereocenters. The minimum absolute atomic E-state index is 0.275. The van der Waals surface area contributed by atoms with E-state index in [1.54, 1.807) is 45.6 Å². The molecule has 1 aromatic rings. The van der Waals surface area contributed by atoms with Crippen LogP contribution in [0.25, 0.3) is 0 Å². The fourth-order valence-corrected chi connectivity index (χ4v) is 3.17. The molecule has 138 valence electrons. The molecule has 1 aromatic carbocycles. The number of rotatable bonds is 3. The van der Waals surface area contributed by atoms with Crippen molar-refractivity contribution < 1.29 is 23.5 Å². The van der Waals surface area contributed by atoms with Gasteiger partial charge in [0.1, 0.15) is 11.4 Å². The van der Waals surface area contributed by atoms with E-state index in [0.29, 0.717) is 18.5 Å². The van der Waals surface area contributed by atoms with Crippen LogP contribution < -0.4 is 0 Å². The number of esters is 1. The zero-order chi connectivity index (χ0) is 18.8. The summed E-state index contributed by atoms with van der Waals surface area (Å²) >= 11 is 0. The molecule has 1 saturated heterocycles. The number of aryl methyl sites for hydroxylation is 1. The number of halogens is 1. The Hall–Kier alpha value is -2.11. The zero-order valence-electron chi connectivity index (χ0n) is 15.5. The highest BCUT2D eigenvalue weighted by Crippen LogP contribution is 2.40. The van der Waals surface area contributed by atoms with Crippen molar-refractivity contribution in [2.45, 2.75) is 52.7 Å². The van der Waals surface area contributed by atoms with Crippen LogP contribution in [0, 0.1) is 18.7 Å². The summed E-state index contributed by atoms with van der Waals surface area (Å²) in [6, 6.07) is 3.86. The van der Waals surface area contributed by atoms with Crippen LogP contribution >= 0.6 is 0 Å². The maximum absolute atomic E-state index is 13.5. The average molecular weight is 351 g/mol. The minimum Gasteiger partial charge on any atom is -0.466 e. The van der Waals surface area contributed by atoms with Crippen molar-refractivity contribution in [1.29, 1.82) is 0 Å². The number of carbonyl (C=O) groups excluding carboxylic acids is 2.